The van der Waals surface area contributed by atoms with Crippen LogP contribution in [0.25, 0.3) is 0 Å². The summed E-state index contributed by atoms with van der Waals surface area (Å²) < 4.78 is 26.9. The standard InChI is InChI=1S/C12H20N2O2S2.ClH/c1-9-7-12(10(2)17-9)18(15,16)14-6-4-11-3-5-13-8-11;/h7,11,13-14H,3-6,8H2,1-2H3;1H. The number of aryl methyl sites for hydroxylation is 2. The predicted octanol–water partition coefficient (Wildman–Crippen LogP) is 2.06. The highest BCUT2D eigenvalue weighted by molar-refractivity contribution is 7.89. The Balaban J connectivity index is 0.00000180. The molecule has 7 heteroatoms. The molecular weight excluding hydrogens is 304 g/mol. The summed E-state index contributed by atoms with van der Waals surface area (Å²) in [6.07, 6.45) is 2.06. The van der Waals surface area contributed by atoms with Crippen LogP contribution in [0.5, 0.6) is 0 Å². The van der Waals surface area contributed by atoms with Gasteiger partial charge in [0.25, 0.3) is 0 Å². The van der Waals surface area contributed by atoms with E-state index in [4.69, 9.17) is 0 Å². The van der Waals surface area contributed by atoms with Gasteiger partial charge in [0.05, 0.1) is 4.90 Å². The molecule has 0 bridgehead atoms. The van der Waals surface area contributed by atoms with Gasteiger partial charge >= 0.3 is 0 Å². The summed E-state index contributed by atoms with van der Waals surface area (Å²) in [6, 6.07) is 1.75. The average molecular weight is 325 g/mol. The molecule has 2 rings (SSSR count). The Morgan fingerprint density at radius 1 is 1.47 bits per heavy atom. The van der Waals surface area contributed by atoms with Crippen LogP contribution in [-0.4, -0.2) is 28.1 Å². The maximum absolute atomic E-state index is 12.1. The van der Waals surface area contributed by atoms with Crippen LogP contribution in [0.15, 0.2) is 11.0 Å². The number of sulfonamides is 1. The van der Waals surface area contributed by atoms with Gasteiger partial charge in [0.15, 0.2) is 0 Å². The van der Waals surface area contributed by atoms with Gasteiger partial charge in [0, 0.05) is 16.3 Å². The first-order chi connectivity index (χ1) is 8.49. The van der Waals surface area contributed by atoms with E-state index in [2.05, 4.69) is 10.0 Å². The molecule has 1 saturated heterocycles. The molecule has 19 heavy (non-hydrogen) atoms. The van der Waals surface area contributed by atoms with E-state index in [0.717, 1.165) is 35.7 Å². The minimum atomic E-state index is -3.32. The number of hydrogen-bond donors (Lipinski definition) is 2. The third kappa shape index (κ3) is 4.43. The van der Waals surface area contributed by atoms with Crippen LogP contribution in [0.2, 0.25) is 0 Å². The van der Waals surface area contributed by atoms with Gasteiger partial charge in [-0.3, -0.25) is 0 Å². The van der Waals surface area contributed by atoms with Crippen molar-refractivity contribution in [3.63, 3.8) is 0 Å². The molecule has 1 aliphatic heterocycles. The molecule has 2 N–H and O–H groups in total. The van der Waals surface area contributed by atoms with E-state index in [-0.39, 0.29) is 12.4 Å². The van der Waals surface area contributed by atoms with Crippen LogP contribution in [0.3, 0.4) is 0 Å². The van der Waals surface area contributed by atoms with Crippen molar-refractivity contribution in [2.24, 2.45) is 5.92 Å². The molecule has 4 nitrogen and oxygen atoms in total. The van der Waals surface area contributed by atoms with Crippen LogP contribution < -0.4 is 10.0 Å². The van der Waals surface area contributed by atoms with Crippen LogP contribution >= 0.6 is 23.7 Å². The lowest BCUT2D eigenvalue weighted by atomic mass is 10.1. The maximum atomic E-state index is 12.1. The van der Waals surface area contributed by atoms with E-state index >= 15 is 0 Å². The molecule has 1 unspecified atom stereocenters. The second-order valence-electron chi connectivity index (χ2n) is 4.82. The Morgan fingerprint density at radius 2 is 2.21 bits per heavy atom. The number of hydrogen-bond acceptors (Lipinski definition) is 4. The fourth-order valence-electron chi connectivity index (χ4n) is 2.31. The van der Waals surface area contributed by atoms with Gasteiger partial charge in [-0.25, -0.2) is 13.1 Å². The van der Waals surface area contributed by atoms with E-state index in [1.54, 1.807) is 6.07 Å². The van der Waals surface area contributed by atoms with Crippen LogP contribution in [0.4, 0.5) is 0 Å². The first-order valence-corrected chi connectivity index (χ1v) is 8.56. The van der Waals surface area contributed by atoms with Gasteiger partial charge in [-0.05, 0) is 51.8 Å². The Hall–Kier alpha value is -0.140. The second-order valence-corrected chi connectivity index (χ2v) is 8.02. The van der Waals surface area contributed by atoms with Crippen LogP contribution in [0, 0.1) is 19.8 Å². The Kier molecular flexibility index (Phi) is 6.26. The van der Waals surface area contributed by atoms with Gasteiger partial charge in [-0.2, -0.15) is 0 Å². The number of thiophene rings is 1. The summed E-state index contributed by atoms with van der Waals surface area (Å²) in [5.41, 5.74) is 0. The molecule has 0 amide bonds. The van der Waals surface area contributed by atoms with Crippen LogP contribution in [-0.2, 0) is 10.0 Å². The molecule has 1 fully saturated rings. The summed E-state index contributed by atoms with van der Waals surface area (Å²) in [7, 11) is -3.32. The highest BCUT2D eigenvalue weighted by Crippen LogP contribution is 2.24. The van der Waals surface area contributed by atoms with Gasteiger partial charge in [0.2, 0.25) is 10.0 Å². The molecule has 0 aromatic carbocycles. The number of rotatable bonds is 5. The van der Waals surface area contributed by atoms with Crippen molar-refractivity contribution in [1.29, 1.82) is 0 Å². The lowest BCUT2D eigenvalue weighted by Gasteiger charge is -2.09. The Labute approximate surface area is 125 Å². The van der Waals surface area contributed by atoms with E-state index in [1.165, 1.54) is 11.3 Å². The second kappa shape index (κ2) is 7.04. The zero-order chi connectivity index (χ0) is 13.2. The maximum Gasteiger partial charge on any atom is 0.241 e. The molecule has 0 spiro atoms. The summed E-state index contributed by atoms with van der Waals surface area (Å²) in [5, 5.41) is 3.29. The lowest BCUT2D eigenvalue weighted by molar-refractivity contribution is 0.519. The highest BCUT2D eigenvalue weighted by atomic mass is 35.5. The van der Waals surface area contributed by atoms with Crippen molar-refractivity contribution < 1.29 is 8.42 Å². The predicted molar refractivity (Wildman–Crippen MR) is 81.8 cm³/mol. The van der Waals surface area contributed by atoms with E-state index in [0.29, 0.717) is 17.4 Å². The average Bonchev–Trinajstić information content (AvgIpc) is 2.88. The zero-order valence-electron chi connectivity index (χ0n) is 11.2. The van der Waals surface area contributed by atoms with Crippen molar-refractivity contribution in [3.8, 4) is 0 Å². The van der Waals surface area contributed by atoms with E-state index < -0.39 is 10.0 Å². The van der Waals surface area contributed by atoms with Crippen molar-refractivity contribution in [2.45, 2.75) is 31.6 Å². The summed E-state index contributed by atoms with van der Waals surface area (Å²) in [4.78, 5) is 2.34. The lowest BCUT2D eigenvalue weighted by Crippen LogP contribution is -2.26. The van der Waals surface area contributed by atoms with Crippen LogP contribution in [0.1, 0.15) is 22.6 Å². The zero-order valence-corrected chi connectivity index (χ0v) is 13.7. The highest BCUT2D eigenvalue weighted by Gasteiger charge is 2.20. The molecule has 1 aliphatic rings. The first kappa shape index (κ1) is 16.9. The van der Waals surface area contributed by atoms with Gasteiger partial charge in [-0.15, -0.1) is 23.7 Å². The largest absolute Gasteiger partial charge is 0.316 e. The van der Waals surface area contributed by atoms with Crippen molar-refractivity contribution >= 4 is 33.8 Å². The molecule has 1 atom stereocenters. The topological polar surface area (TPSA) is 58.2 Å². The minimum absolute atomic E-state index is 0. The fourth-order valence-corrected chi connectivity index (χ4v) is 4.91. The first-order valence-electron chi connectivity index (χ1n) is 6.26. The molecule has 0 saturated carbocycles. The molecule has 0 aliphatic carbocycles. The SMILES string of the molecule is Cc1cc(S(=O)(=O)NCCC2CCNC2)c(C)s1.Cl. The van der Waals surface area contributed by atoms with Gasteiger partial charge in [-0.1, -0.05) is 0 Å². The van der Waals surface area contributed by atoms with Gasteiger partial charge < -0.3 is 5.32 Å². The van der Waals surface area contributed by atoms with E-state index in [9.17, 15) is 8.42 Å². The smallest absolute Gasteiger partial charge is 0.241 e. The summed E-state index contributed by atoms with van der Waals surface area (Å²) in [5.74, 6) is 0.609. The third-order valence-corrected chi connectivity index (χ3v) is 5.97. The van der Waals surface area contributed by atoms with Crippen molar-refractivity contribution in [1.82, 2.24) is 10.0 Å². The quantitative estimate of drug-likeness (QED) is 0.871. The molecule has 2 heterocycles. The Morgan fingerprint density at radius 3 is 2.74 bits per heavy atom. The third-order valence-electron chi connectivity index (χ3n) is 3.29. The summed E-state index contributed by atoms with van der Waals surface area (Å²) >= 11 is 1.53. The Bertz CT molecular complexity index is 508. The summed E-state index contributed by atoms with van der Waals surface area (Å²) in [6.45, 7) is 6.38. The monoisotopic (exact) mass is 324 g/mol. The molecule has 1 aromatic heterocycles. The van der Waals surface area contributed by atoms with E-state index in [1.807, 2.05) is 13.8 Å². The number of nitrogens with one attached hydrogen (secondary N) is 2. The molecule has 110 valence electrons. The van der Waals surface area contributed by atoms with Crippen molar-refractivity contribution in [2.75, 3.05) is 19.6 Å². The molecule has 0 radical (unpaired) electrons. The fraction of sp³-hybridized carbons (Fsp3) is 0.667. The van der Waals surface area contributed by atoms with Crippen molar-refractivity contribution in [3.05, 3.63) is 15.8 Å². The van der Waals surface area contributed by atoms with Gasteiger partial charge in [0.1, 0.15) is 0 Å². The number of halogens is 1. The molecular formula is C12H21ClN2O2S2. The normalized spacial score (nSPS) is 19.4. The molecule has 1 aromatic rings. The minimum Gasteiger partial charge on any atom is -0.316 e.